The smallest absolute Gasteiger partial charge is 0.308 e. The Labute approximate surface area is 235 Å². The predicted octanol–water partition coefficient (Wildman–Crippen LogP) is 6.83. The van der Waals surface area contributed by atoms with Gasteiger partial charge in [-0.1, -0.05) is 60.7 Å². The Morgan fingerprint density at radius 2 is 1.12 bits per heavy atom. The van der Waals surface area contributed by atoms with Crippen molar-refractivity contribution >= 4 is 67.2 Å². The highest BCUT2D eigenvalue weighted by molar-refractivity contribution is 6.59. The van der Waals surface area contributed by atoms with Gasteiger partial charge in [-0.2, -0.15) is 0 Å². The zero-order valence-corrected chi connectivity index (χ0v) is 22.7. The fourth-order valence-electron chi connectivity index (χ4n) is 6.11. The highest BCUT2D eigenvalue weighted by atomic mass is 16.5. The highest BCUT2D eigenvalue weighted by Crippen LogP contribution is 2.46. The van der Waals surface area contributed by atoms with Crippen molar-refractivity contribution in [3.63, 3.8) is 0 Å². The van der Waals surface area contributed by atoms with Gasteiger partial charge in [0.1, 0.15) is 5.75 Å². The topological polar surface area (TPSA) is 95.3 Å². The summed E-state index contributed by atoms with van der Waals surface area (Å²) in [6, 6.07) is 26.2. The first-order valence-electron chi connectivity index (χ1n) is 13.3. The first-order chi connectivity index (χ1) is 19.8. The van der Waals surface area contributed by atoms with Crippen molar-refractivity contribution < 1.29 is 19.1 Å². The van der Waals surface area contributed by atoms with Crippen molar-refractivity contribution in [1.82, 2.24) is 9.97 Å². The number of aromatic nitrogens is 2. The molecule has 0 saturated heterocycles. The molecular formula is C34H25N3O4. The third-order valence-electron chi connectivity index (χ3n) is 7.72. The SMILES string of the molecule is CC(=O)Oc1cccc2c(N3C(=O)C(c4c(C)[nH]c5ccccc45)=C(c4c(C)[nH]c5ccccc45)C3=O)cccc12. The molecule has 0 aliphatic carbocycles. The number of ether oxygens (including phenoxy) is 1. The molecule has 1 aliphatic heterocycles. The number of aryl methyl sites for hydroxylation is 2. The maximum absolute atomic E-state index is 14.6. The summed E-state index contributed by atoms with van der Waals surface area (Å²) in [7, 11) is 0. The molecule has 3 heterocycles. The summed E-state index contributed by atoms with van der Waals surface area (Å²) in [5.41, 5.74) is 5.92. The summed E-state index contributed by atoms with van der Waals surface area (Å²) in [5, 5.41) is 2.99. The fourth-order valence-corrected chi connectivity index (χ4v) is 6.11. The van der Waals surface area contributed by atoms with Gasteiger partial charge in [0.05, 0.1) is 16.8 Å². The number of carbonyl (C=O) groups excluding carboxylic acids is 3. The quantitative estimate of drug-likeness (QED) is 0.146. The molecule has 200 valence electrons. The number of rotatable bonds is 4. The molecule has 7 heteroatoms. The Hall–Kier alpha value is -5.43. The molecule has 2 aromatic heterocycles. The number of nitrogens with one attached hydrogen (secondary N) is 2. The number of H-pyrrole nitrogens is 2. The average Bonchev–Trinajstić information content (AvgIpc) is 3.54. The first-order valence-corrected chi connectivity index (χ1v) is 13.3. The molecule has 7 rings (SSSR count). The van der Waals surface area contributed by atoms with E-state index in [1.165, 1.54) is 11.8 Å². The molecule has 2 amide bonds. The molecule has 2 N–H and O–H groups in total. The lowest BCUT2D eigenvalue weighted by Crippen LogP contribution is -2.31. The molecule has 0 saturated carbocycles. The average molecular weight is 540 g/mol. The van der Waals surface area contributed by atoms with Gasteiger partial charge in [-0.3, -0.25) is 14.4 Å². The third-order valence-corrected chi connectivity index (χ3v) is 7.72. The van der Waals surface area contributed by atoms with Crippen molar-refractivity contribution in [2.75, 3.05) is 4.90 Å². The van der Waals surface area contributed by atoms with Crippen LogP contribution < -0.4 is 9.64 Å². The third kappa shape index (κ3) is 3.63. The van der Waals surface area contributed by atoms with Gasteiger partial charge < -0.3 is 14.7 Å². The number of para-hydroxylation sites is 2. The van der Waals surface area contributed by atoms with E-state index in [4.69, 9.17) is 4.74 Å². The van der Waals surface area contributed by atoms with E-state index < -0.39 is 17.8 Å². The van der Waals surface area contributed by atoms with E-state index in [2.05, 4.69) is 9.97 Å². The minimum Gasteiger partial charge on any atom is -0.426 e. The molecular weight excluding hydrogens is 514 g/mol. The molecule has 0 fully saturated rings. The lowest BCUT2D eigenvalue weighted by molar-refractivity contribution is -0.131. The van der Waals surface area contributed by atoms with Crippen LogP contribution in [-0.2, 0) is 14.4 Å². The Bertz CT molecular complexity index is 2030. The van der Waals surface area contributed by atoms with Gasteiger partial charge in [0, 0.05) is 62.0 Å². The number of aromatic amines is 2. The van der Waals surface area contributed by atoms with Crippen LogP contribution in [0.15, 0.2) is 84.9 Å². The van der Waals surface area contributed by atoms with E-state index in [0.29, 0.717) is 44.5 Å². The van der Waals surface area contributed by atoms with Gasteiger partial charge in [0.25, 0.3) is 11.8 Å². The minimum absolute atomic E-state index is 0.353. The second kappa shape index (κ2) is 9.06. The summed E-state index contributed by atoms with van der Waals surface area (Å²) in [6.07, 6.45) is 0. The van der Waals surface area contributed by atoms with Crippen LogP contribution in [0.1, 0.15) is 29.4 Å². The van der Waals surface area contributed by atoms with Gasteiger partial charge in [-0.05, 0) is 38.1 Å². The van der Waals surface area contributed by atoms with Crippen LogP contribution in [0.25, 0.3) is 43.7 Å². The second-order valence-electron chi connectivity index (χ2n) is 10.3. The number of hydrogen-bond acceptors (Lipinski definition) is 4. The Morgan fingerprint density at radius 3 is 1.68 bits per heavy atom. The van der Waals surface area contributed by atoms with Gasteiger partial charge in [0.2, 0.25) is 0 Å². The number of nitrogens with zero attached hydrogens (tertiary/aromatic N) is 1. The molecule has 0 atom stereocenters. The monoisotopic (exact) mass is 539 g/mol. The second-order valence-corrected chi connectivity index (χ2v) is 10.3. The van der Waals surface area contributed by atoms with E-state index in [-0.39, 0.29) is 0 Å². The van der Waals surface area contributed by atoms with Crippen LogP contribution in [0.2, 0.25) is 0 Å². The lowest BCUT2D eigenvalue weighted by atomic mass is 9.93. The molecule has 0 radical (unpaired) electrons. The molecule has 4 aromatic carbocycles. The zero-order valence-electron chi connectivity index (χ0n) is 22.7. The van der Waals surface area contributed by atoms with Crippen molar-refractivity contribution in [2.45, 2.75) is 20.8 Å². The standard InChI is InChI=1S/C34H25N3O4/c1-18-29(23-10-4-6-14-25(23)35-18)31-32(30-19(2)36-26-15-7-5-11-24(26)30)34(40)37(33(31)39)27-16-8-13-22-21(27)12-9-17-28(22)41-20(3)38/h4-17,35-36H,1-3H3. The van der Waals surface area contributed by atoms with Crippen LogP contribution in [0.4, 0.5) is 5.69 Å². The Balaban J connectivity index is 1.53. The van der Waals surface area contributed by atoms with Gasteiger partial charge in [0.15, 0.2) is 0 Å². The van der Waals surface area contributed by atoms with Gasteiger partial charge in [-0.25, -0.2) is 4.90 Å². The zero-order chi connectivity index (χ0) is 28.4. The number of carbonyl (C=O) groups is 3. The van der Waals surface area contributed by atoms with Gasteiger partial charge >= 0.3 is 5.97 Å². The molecule has 0 bridgehead atoms. The van der Waals surface area contributed by atoms with Crippen LogP contribution >= 0.6 is 0 Å². The van der Waals surface area contributed by atoms with Crippen molar-refractivity contribution in [3.05, 3.63) is 107 Å². The molecule has 6 aromatic rings. The van der Waals surface area contributed by atoms with Crippen molar-refractivity contribution in [3.8, 4) is 5.75 Å². The van der Waals surface area contributed by atoms with E-state index >= 15 is 0 Å². The number of imide groups is 1. The van der Waals surface area contributed by atoms with E-state index in [9.17, 15) is 14.4 Å². The maximum Gasteiger partial charge on any atom is 0.308 e. The van der Waals surface area contributed by atoms with E-state index in [1.807, 2.05) is 74.5 Å². The van der Waals surface area contributed by atoms with Crippen LogP contribution in [-0.4, -0.2) is 27.8 Å². The van der Waals surface area contributed by atoms with E-state index in [0.717, 1.165) is 33.2 Å². The largest absolute Gasteiger partial charge is 0.426 e. The van der Waals surface area contributed by atoms with Crippen LogP contribution in [0, 0.1) is 13.8 Å². The summed E-state index contributed by atoms with van der Waals surface area (Å²) >= 11 is 0. The summed E-state index contributed by atoms with van der Waals surface area (Å²) in [4.78, 5) is 49.0. The number of benzene rings is 4. The Morgan fingerprint density at radius 1 is 0.634 bits per heavy atom. The number of esters is 1. The molecule has 1 aliphatic rings. The molecule has 0 unspecified atom stereocenters. The van der Waals surface area contributed by atoms with E-state index in [1.54, 1.807) is 24.3 Å². The number of amides is 2. The van der Waals surface area contributed by atoms with Crippen molar-refractivity contribution in [1.29, 1.82) is 0 Å². The number of hydrogen-bond donors (Lipinski definition) is 2. The predicted molar refractivity (Wildman–Crippen MR) is 161 cm³/mol. The lowest BCUT2D eigenvalue weighted by Gasteiger charge is -2.19. The summed E-state index contributed by atoms with van der Waals surface area (Å²) in [6.45, 7) is 5.18. The molecule has 0 spiro atoms. The summed E-state index contributed by atoms with van der Waals surface area (Å²) in [5.74, 6) is -0.905. The highest BCUT2D eigenvalue weighted by Gasteiger charge is 2.43. The first kappa shape index (κ1) is 24.6. The minimum atomic E-state index is -0.452. The maximum atomic E-state index is 14.6. The van der Waals surface area contributed by atoms with Crippen LogP contribution in [0.3, 0.4) is 0 Å². The van der Waals surface area contributed by atoms with Crippen molar-refractivity contribution in [2.24, 2.45) is 0 Å². The summed E-state index contributed by atoms with van der Waals surface area (Å²) < 4.78 is 5.44. The number of anilines is 1. The normalized spacial score (nSPS) is 13.8. The number of fused-ring (bicyclic) bond motifs is 3. The van der Waals surface area contributed by atoms with Gasteiger partial charge in [-0.15, -0.1) is 0 Å². The fraction of sp³-hybridized carbons (Fsp3) is 0.0882. The van der Waals surface area contributed by atoms with Crippen LogP contribution in [0.5, 0.6) is 5.75 Å². The molecule has 41 heavy (non-hydrogen) atoms. The molecule has 7 nitrogen and oxygen atoms in total. The Kier molecular flexibility index (Phi) is 5.44.